The van der Waals surface area contributed by atoms with Gasteiger partial charge in [-0.2, -0.15) is 13.2 Å². The van der Waals surface area contributed by atoms with Crippen LogP contribution in [0.1, 0.15) is 40.1 Å². The molecule has 1 N–H and O–H groups in total. The first-order valence-corrected chi connectivity index (χ1v) is 10.3. The number of fused-ring (bicyclic) bond motifs is 1. The zero-order valence-corrected chi connectivity index (χ0v) is 18.0. The lowest BCUT2D eigenvalue weighted by Crippen LogP contribution is -2.15. The summed E-state index contributed by atoms with van der Waals surface area (Å²) < 4.78 is 44.5. The zero-order chi connectivity index (χ0) is 23.6. The van der Waals surface area contributed by atoms with Gasteiger partial charge >= 0.3 is 6.18 Å². The van der Waals surface area contributed by atoms with E-state index in [4.69, 9.17) is 4.74 Å². The number of para-hydroxylation sites is 1. The Kier molecular flexibility index (Phi) is 6.05. The van der Waals surface area contributed by atoms with Gasteiger partial charge in [0.1, 0.15) is 11.9 Å². The molecule has 0 bridgehead atoms. The van der Waals surface area contributed by atoms with Crippen molar-refractivity contribution in [2.24, 2.45) is 0 Å². The second-order valence-corrected chi connectivity index (χ2v) is 7.72. The van der Waals surface area contributed by atoms with Gasteiger partial charge < -0.3 is 10.1 Å². The summed E-state index contributed by atoms with van der Waals surface area (Å²) >= 11 is 0. The first kappa shape index (κ1) is 22.3. The van der Waals surface area contributed by atoms with Gasteiger partial charge in [-0.05, 0) is 67.4 Å². The Morgan fingerprint density at radius 1 is 1.00 bits per heavy atom. The quantitative estimate of drug-likeness (QED) is 0.358. The minimum atomic E-state index is -4.40. The standard InChI is InChI=1S/C26H21F3N2O2/c1-16-14-19-6-5-13-30-24(19)22(15-16)31-25(32)21-7-3-4-8-23(21)33-17(2)18-9-11-20(12-10-18)26(27,28)29/h3-15,17H,1-2H3,(H,31,32). The molecule has 168 valence electrons. The van der Waals surface area contributed by atoms with Gasteiger partial charge in [0.15, 0.2) is 0 Å². The predicted molar refractivity (Wildman–Crippen MR) is 121 cm³/mol. The highest BCUT2D eigenvalue weighted by molar-refractivity contribution is 6.09. The maximum Gasteiger partial charge on any atom is 0.416 e. The van der Waals surface area contributed by atoms with Crippen molar-refractivity contribution in [2.45, 2.75) is 26.1 Å². The molecular formula is C26H21F3N2O2. The van der Waals surface area contributed by atoms with Crippen LogP contribution in [0.4, 0.5) is 18.9 Å². The van der Waals surface area contributed by atoms with Gasteiger partial charge in [0.05, 0.1) is 22.3 Å². The van der Waals surface area contributed by atoms with E-state index in [9.17, 15) is 18.0 Å². The van der Waals surface area contributed by atoms with Crippen LogP contribution < -0.4 is 10.1 Å². The average Bonchev–Trinajstić information content (AvgIpc) is 2.78. The van der Waals surface area contributed by atoms with Crippen molar-refractivity contribution in [3.8, 4) is 5.75 Å². The highest BCUT2D eigenvalue weighted by Gasteiger charge is 2.30. The van der Waals surface area contributed by atoms with Crippen LogP contribution in [0.5, 0.6) is 5.75 Å². The molecule has 0 aliphatic heterocycles. The second kappa shape index (κ2) is 8.94. The summed E-state index contributed by atoms with van der Waals surface area (Å²) in [5.41, 5.74) is 2.38. The Balaban J connectivity index is 1.57. The summed E-state index contributed by atoms with van der Waals surface area (Å²) in [4.78, 5) is 17.5. The zero-order valence-electron chi connectivity index (χ0n) is 18.0. The summed E-state index contributed by atoms with van der Waals surface area (Å²) in [6.07, 6.45) is -3.30. The third kappa shape index (κ3) is 4.98. The van der Waals surface area contributed by atoms with E-state index >= 15 is 0 Å². The Morgan fingerprint density at radius 3 is 2.45 bits per heavy atom. The molecule has 33 heavy (non-hydrogen) atoms. The number of nitrogens with zero attached hydrogens (tertiary/aromatic N) is 1. The van der Waals surface area contributed by atoms with Gasteiger partial charge in [0.2, 0.25) is 0 Å². The smallest absolute Gasteiger partial charge is 0.416 e. The molecule has 0 spiro atoms. The molecule has 1 aromatic heterocycles. The SMILES string of the molecule is Cc1cc(NC(=O)c2ccccc2OC(C)c2ccc(C(F)(F)F)cc2)c2ncccc2c1. The number of halogens is 3. The monoisotopic (exact) mass is 450 g/mol. The molecule has 4 aromatic rings. The number of nitrogens with one attached hydrogen (secondary N) is 1. The van der Waals surface area contributed by atoms with E-state index in [2.05, 4.69) is 10.3 Å². The number of carbonyl (C=O) groups is 1. The highest BCUT2D eigenvalue weighted by Crippen LogP contribution is 2.32. The van der Waals surface area contributed by atoms with Gasteiger partial charge in [-0.1, -0.05) is 30.3 Å². The van der Waals surface area contributed by atoms with Crippen molar-refractivity contribution in [1.29, 1.82) is 0 Å². The van der Waals surface area contributed by atoms with Crippen molar-refractivity contribution in [1.82, 2.24) is 4.98 Å². The lowest BCUT2D eigenvalue weighted by atomic mass is 10.1. The van der Waals surface area contributed by atoms with Crippen LogP contribution in [-0.2, 0) is 6.18 Å². The van der Waals surface area contributed by atoms with E-state index in [1.54, 1.807) is 37.4 Å². The van der Waals surface area contributed by atoms with Gasteiger partial charge in [0, 0.05) is 11.6 Å². The summed E-state index contributed by atoms with van der Waals surface area (Å²) in [6.45, 7) is 3.65. The fourth-order valence-electron chi connectivity index (χ4n) is 3.59. The number of amides is 1. The minimum Gasteiger partial charge on any atom is -0.485 e. The fraction of sp³-hybridized carbons (Fsp3) is 0.154. The fourth-order valence-corrected chi connectivity index (χ4v) is 3.59. The number of hydrogen-bond acceptors (Lipinski definition) is 3. The molecular weight excluding hydrogens is 429 g/mol. The Bertz CT molecular complexity index is 1300. The van der Waals surface area contributed by atoms with E-state index in [0.29, 0.717) is 28.1 Å². The largest absolute Gasteiger partial charge is 0.485 e. The van der Waals surface area contributed by atoms with Crippen molar-refractivity contribution < 1.29 is 22.7 Å². The van der Waals surface area contributed by atoms with Crippen LogP contribution in [-0.4, -0.2) is 10.9 Å². The van der Waals surface area contributed by atoms with Gasteiger partial charge in [0.25, 0.3) is 5.91 Å². The number of pyridine rings is 1. The topological polar surface area (TPSA) is 51.2 Å². The number of rotatable bonds is 5. The summed E-state index contributed by atoms with van der Waals surface area (Å²) in [7, 11) is 0. The maximum absolute atomic E-state index is 13.1. The second-order valence-electron chi connectivity index (χ2n) is 7.72. The number of hydrogen-bond donors (Lipinski definition) is 1. The summed E-state index contributed by atoms with van der Waals surface area (Å²) in [5.74, 6) is -0.0462. The first-order chi connectivity index (χ1) is 15.7. The highest BCUT2D eigenvalue weighted by atomic mass is 19.4. The van der Waals surface area contributed by atoms with Crippen molar-refractivity contribution in [3.05, 3.63) is 101 Å². The Hall–Kier alpha value is -3.87. The molecule has 0 aliphatic rings. The molecule has 4 nitrogen and oxygen atoms in total. The first-order valence-electron chi connectivity index (χ1n) is 10.3. The molecule has 4 rings (SSSR count). The average molecular weight is 450 g/mol. The summed E-state index contributed by atoms with van der Waals surface area (Å²) in [6, 6.07) is 19.1. The minimum absolute atomic E-state index is 0.307. The van der Waals surface area contributed by atoms with Crippen molar-refractivity contribution in [2.75, 3.05) is 5.32 Å². The van der Waals surface area contributed by atoms with Crippen LogP contribution in [0.25, 0.3) is 10.9 Å². The molecule has 1 heterocycles. The molecule has 3 aromatic carbocycles. The summed E-state index contributed by atoms with van der Waals surface area (Å²) in [5, 5.41) is 3.82. The molecule has 0 radical (unpaired) electrons. The third-order valence-electron chi connectivity index (χ3n) is 5.24. The normalized spacial score (nSPS) is 12.4. The lowest BCUT2D eigenvalue weighted by Gasteiger charge is -2.18. The van der Waals surface area contributed by atoms with E-state index in [-0.39, 0.29) is 5.91 Å². The van der Waals surface area contributed by atoms with Crippen LogP contribution in [0, 0.1) is 6.92 Å². The van der Waals surface area contributed by atoms with Gasteiger partial charge in [-0.15, -0.1) is 0 Å². The lowest BCUT2D eigenvalue weighted by molar-refractivity contribution is -0.137. The number of anilines is 1. The van der Waals surface area contributed by atoms with E-state index in [0.717, 1.165) is 23.1 Å². The number of alkyl halides is 3. The van der Waals surface area contributed by atoms with E-state index < -0.39 is 17.8 Å². The van der Waals surface area contributed by atoms with Crippen LogP contribution in [0.2, 0.25) is 0 Å². The van der Waals surface area contributed by atoms with Crippen molar-refractivity contribution in [3.63, 3.8) is 0 Å². The maximum atomic E-state index is 13.1. The molecule has 1 unspecified atom stereocenters. The van der Waals surface area contributed by atoms with Gasteiger partial charge in [-0.3, -0.25) is 9.78 Å². The molecule has 0 saturated heterocycles. The van der Waals surface area contributed by atoms with Crippen molar-refractivity contribution >= 4 is 22.5 Å². The number of carbonyl (C=O) groups excluding carboxylic acids is 1. The number of aryl methyl sites for hydroxylation is 1. The molecule has 7 heteroatoms. The Morgan fingerprint density at radius 2 is 1.73 bits per heavy atom. The molecule has 0 aliphatic carbocycles. The van der Waals surface area contributed by atoms with Crippen LogP contribution >= 0.6 is 0 Å². The van der Waals surface area contributed by atoms with Gasteiger partial charge in [-0.25, -0.2) is 0 Å². The molecule has 0 saturated carbocycles. The van der Waals surface area contributed by atoms with E-state index in [1.807, 2.05) is 31.2 Å². The molecule has 1 amide bonds. The Labute approximate surface area is 189 Å². The third-order valence-corrected chi connectivity index (χ3v) is 5.24. The van der Waals surface area contributed by atoms with E-state index in [1.165, 1.54) is 12.1 Å². The number of aromatic nitrogens is 1. The molecule has 1 atom stereocenters. The predicted octanol–water partition coefficient (Wildman–Crippen LogP) is 6.95. The van der Waals surface area contributed by atoms with Crippen LogP contribution in [0.3, 0.4) is 0 Å². The van der Waals surface area contributed by atoms with Crippen LogP contribution in [0.15, 0.2) is 79.0 Å². The number of ether oxygens (including phenoxy) is 1. The molecule has 0 fully saturated rings. The number of benzene rings is 3.